The van der Waals surface area contributed by atoms with Crippen molar-refractivity contribution in [3.8, 4) is 17.2 Å². The quantitative estimate of drug-likeness (QED) is 0.382. The molecule has 4 aromatic rings. The normalized spacial score (nSPS) is 17.5. The molecule has 2 atom stereocenters. The van der Waals surface area contributed by atoms with E-state index in [1.165, 1.54) is 5.56 Å². The van der Waals surface area contributed by atoms with Gasteiger partial charge < -0.3 is 24.3 Å². The van der Waals surface area contributed by atoms with Crippen LogP contribution in [-0.4, -0.2) is 28.9 Å². The summed E-state index contributed by atoms with van der Waals surface area (Å²) >= 11 is 5.89. The average Bonchev–Trinajstić information content (AvgIpc) is 3.49. The lowest BCUT2D eigenvalue weighted by atomic mass is 10.0. The Morgan fingerprint density at radius 2 is 1.76 bits per heavy atom. The number of hydrogen-bond donors (Lipinski definition) is 1. The SMILES string of the molecule is COc1ccc(N2C(=S)N[C@@H](c3ccccn3)[C@@H]2c2cccn2-c2ccc(C)cc2)c(OC)c1. The number of ether oxygens (including phenoxy) is 2. The molecule has 3 heterocycles. The van der Waals surface area contributed by atoms with Gasteiger partial charge in [-0.2, -0.15) is 0 Å². The van der Waals surface area contributed by atoms with Crippen molar-refractivity contribution in [2.45, 2.75) is 19.0 Å². The summed E-state index contributed by atoms with van der Waals surface area (Å²) in [6, 6.07) is 24.1. The molecule has 0 bridgehead atoms. The maximum Gasteiger partial charge on any atom is 0.174 e. The van der Waals surface area contributed by atoms with E-state index in [9.17, 15) is 0 Å². The second-order valence-electron chi connectivity index (χ2n) is 8.17. The highest BCUT2D eigenvalue weighted by molar-refractivity contribution is 7.80. The van der Waals surface area contributed by atoms with Crippen LogP contribution in [0.3, 0.4) is 0 Å². The third-order valence-corrected chi connectivity index (χ3v) is 6.45. The van der Waals surface area contributed by atoms with E-state index in [1.807, 2.05) is 42.6 Å². The molecule has 172 valence electrons. The van der Waals surface area contributed by atoms with Gasteiger partial charge in [0.25, 0.3) is 0 Å². The highest BCUT2D eigenvalue weighted by atomic mass is 32.1. The van der Waals surface area contributed by atoms with Gasteiger partial charge in [-0.05, 0) is 67.7 Å². The number of aryl methyl sites for hydroxylation is 1. The molecule has 6 nitrogen and oxygen atoms in total. The second-order valence-corrected chi connectivity index (χ2v) is 8.56. The molecule has 1 aliphatic heterocycles. The van der Waals surface area contributed by atoms with Gasteiger partial charge in [-0.1, -0.05) is 23.8 Å². The lowest BCUT2D eigenvalue weighted by molar-refractivity contribution is 0.394. The summed E-state index contributed by atoms with van der Waals surface area (Å²) in [5.74, 6) is 1.41. The molecule has 5 rings (SSSR count). The minimum Gasteiger partial charge on any atom is -0.497 e. The molecule has 2 aromatic heterocycles. The minimum absolute atomic E-state index is 0.153. The summed E-state index contributed by atoms with van der Waals surface area (Å²) in [7, 11) is 3.30. The standard InChI is InChI=1S/C27H26N4O2S/c1-18-9-11-19(12-10-18)30-16-6-8-23(30)26-25(21-7-4-5-15-28-21)29-27(34)31(26)22-14-13-20(32-2)17-24(22)33-3/h4-17,25-26H,1-3H3,(H,29,34)/t25-,26-/m0/s1. The van der Waals surface area contributed by atoms with Crippen molar-refractivity contribution in [1.82, 2.24) is 14.9 Å². The molecule has 1 saturated heterocycles. The summed E-state index contributed by atoms with van der Waals surface area (Å²) in [4.78, 5) is 6.78. The number of methoxy groups -OCH3 is 2. The molecular formula is C27H26N4O2S. The molecule has 0 unspecified atom stereocenters. The van der Waals surface area contributed by atoms with Crippen molar-refractivity contribution in [3.05, 3.63) is 102 Å². The van der Waals surface area contributed by atoms with E-state index in [0.717, 1.165) is 28.5 Å². The molecule has 0 radical (unpaired) electrons. The third kappa shape index (κ3) is 3.88. The summed E-state index contributed by atoms with van der Waals surface area (Å²) in [6.45, 7) is 2.09. The number of aromatic nitrogens is 2. The Labute approximate surface area is 204 Å². The van der Waals surface area contributed by atoms with Crippen LogP contribution in [0.2, 0.25) is 0 Å². The number of anilines is 1. The number of nitrogens with zero attached hydrogens (tertiary/aromatic N) is 3. The Bertz CT molecular complexity index is 1300. The van der Waals surface area contributed by atoms with Crippen LogP contribution in [0.4, 0.5) is 5.69 Å². The zero-order valence-electron chi connectivity index (χ0n) is 19.3. The Morgan fingerprint density at radius 1 is 0.941 bits per heavy atom. The van der Waals surface area contributed by atoms with Gasteiger partial charge in [0, 0.05) is 29.8 Å². The predicted molar refractivity (Wildman–Crippen MR) is 138 cm³/mol. The van der Waals surface area contributed by atoms with Gasteiger partial charge in [0.1, 0.15) is 17.5 Å². The van der Waals surface area contributed by atoms with Crippen molar-refractivity contribution in [3.63, 3.8) is 0 Å². The topological polar surface area (TPSA) is 51.5 Å². The molecule has 34 heavy (non-hydrogen) atoms. The first-order valence-corrected chi connectivity index (χ1v) is 11.5. The lowest BCUT2D eigenvalue weighted by Gasteiger charge is -2.30. The van der Waals surface area contributed by atoms with E-state index in [2.05, 4.69) is 69.3 Å². The first-order chi connectivity index (χ1) is 16.6. The lowest BCUT2D eigenvalue weighted by Crippen LogP contribution is -2.30. The van der Waals surface area contributed by atoms with E-state index < -0.39 is 0 Å². The highest BCUT2D eigenvalue weighted by Gasteiger charge is 2.43. The highest BCUT2D eigenvalue weighted by Crippen LogP contribution is 2.45. The van der Waals surface area contributed by atoms with Crippen LogP contribution in [-0.2, 0) is 0 Å². The number of nitrogens with one attached hydrogen (secondary N) is 1. The Hall–Kier alpha value is -3.84. The van der Waals surface area contributed by atoms with Crippen LogP contribution >= 0.6 is 12.2 Å². The van der Waals surface area contributed by atoms with Crippen molar-refractivity contribution >= 4 is 23.0 Å². The first kappa shape index (κ1) is 22.0. The fourth-order valence-electron chi connectivity index (χ4n) is 4.47. The molecule has 0 amide bonds. The zero-order chi connectivity index (χ0) is 23.7. The number of pyridine rings is 1. The molecule has 1 fully saturated rings. The molecule has 1 aliphatic rings. The van der Waals surface area contributed by atoms with Crippen LogP contribution in [0, 0.1) is 6.92 Å². The summed E-state index contributed by atoms with van der Waals surface area (Å²) in [6.07, 6.45) is 3.90. The zero-order valence-corrected chi connectivity index (χ0v) is 20.1. The Balaban J connectivity index is 1.68. The van der Waals surface area contributed by atoms with Crippen LogP contribution in [0.1, 0.15) is 29.0 Å². The van der Waals surface area contributed by atoms with Gasteiger partial charge in [0.15, 0.2) is 5.11 Å². The summed E-state index contributed by atoms with van der Waals surface area (Å²) in [5, 5.41) is 4.13. The van der Waals surface area contributed by atoms with E-state index >= 15 is 0 Å². The molecular weight excluding hydrogens is 444 g/mol. The smallest absolute Gasteiger partial charge is 0.174 e. The molecule has 0 spiro atoms. The number of benzene rings is 2. The molecule has 0 aliphatic carbocycles. The van der Waals surface area contributed by atoms with Crippen LogP contribution in [0.15, 0.2) is 85.2 Å². The monoisotopic (exact) mass is 470 g/mol. The summed E-state index contributed by atoms with van der Waals surface area (Å²) in [5.41, 5.74) is 5.18. The van der Waals surface area contributed by atoms with Crippen LogP contribution < -0.4 is 19.7 Å². The molecule has 1 N–H and O–H groups in total. The van der Waals surface area contributed by atoms with Gasteiger partial charge in [-0.3, -0.25) is 4.98 Å². The average molecular weight is 471 g/mol. The second kappa shape index (κ2) is 9.19. The van der Waals surface area contributed by atoms with E-state index in [-0.39, 0.29) is 12.1 Å². The van der Waals surface area contributed by atoms with Gasteiger partial charge in [-0.15, -0.1) is 0 Å². The Kier molecular flexibility index (Phi) is 5.94. The maximum atomic E-state index is 5.89. The van der Waals surface area contributed by atoms with E-state index in [0.29, 0.717) is 10.9 Å². The molecule has 2 aromatic carbocycles. The van der Waals surface area contributed by atoms with E-state index in [1.54, 1.807) is 14.2 Å². The third-order valence-electron chi connectivity index (χ3n) is 6.14. The first-order valence-electron chi connectivity index (χ1n) is 11.1. The fourth-order valence-corrected chi connectivity index (χ4v) is 4.81. The minimum atomic E-state index is -0.166. The van der Waals surface area contributed by atoms with Gasteiger partial charge in [-0.25, -0.2) is 0 Å². The number of thiocarbonyl (C=S) groups is 1. The molecule has 0 saturated carbocycles. The van der Waals surface area contributed by atoms with Crippen molar-refractivity contribution in [2.75, 3.05) is 19.1 Å². The van der Waals surface area contributed by atoms with Gasteiger partial charge in [0.05, 0.1) is 31.6 Å². The van der Waals surface area contributed by atoms with Gasteiger partial charge >= 0.3 is 0 Å². The summed E-state index contributed by atoms with van der Waals surface area (Å²) < 4.78 is 13.4. The largest absolute Gasteiger partial charge is 0.497 e. The Morgan fingerprint density at radius 3 is 2.47 bits per heavy atom. The van der Waals surface area contributed by atoms with Crippen molar-refractivity contribution in [2.24, 2.45) is 0 Å². The van der Waals surface area contributed by atoms with Crippen LogP contribution in [0.5, 0.6) is 11.5 Å². The predicted octanol–water partition coefficient (Wildman–Crippen LogP) is 5.38. The molecule has 7 heteroatoms. The van der Waals surface area contributed by atoms with E-state index in [4.69, 9.17) is 21.7 Å². The van der Waals surface area contributed by atoms with Crippen molar-refractivity contribution in [1.29, 1.82) is 0 Å². The fraction of sp³-hybridized carbons (Fsp3) is 0.185. The maximum absolute atomic E-state index is 5.89. The van der Waals surface area contributed by atoms with Gasteiger partial charge in [0.2, 0.25) is 0 Å². The number of rotatable bonds is 6. The van der Waals surface area contributed by atoms with Crippen molar-refractivity contribution < 1.29 is 9.47 Å². The van der Waals surface area contributed by atoms with Crippen LogP contribution in [0.25, 0.3) is 5.69 Å². The number of hydrogen-bond acceptors (Lipinski definition) is 4.